The third-order valence-electron chi connectivity index (χ3n) is 0.814. The van der Waals surface area contributed by atoms with Gasteiger partial charge in [-0.15, -0.1) is 0 Å². The van der Waals surface area contributed by atoms with E-state index in [4.69, 9.17) is 0 Å². The number of halogens is 1. The van der Waals surface area contributed by atoms with Crippen molar-refractivity contribution in [2.24, 2.45) is 0 Å². The molecule has 0 fully saturated rings. The summed E-state index contributed by atoms with van der Waals surface area (Å²) in [5, 5.41) is 0. The van der Waals surface area contributed by atoms with E-state index >= 15 is 0 Å². The van der Waals surface area contributed by atoms with Crippen LogP contribution in [0.25, 0.3) is 0 Å². The Morgan fingerprint density at radius 1 is 1.12 bits per heavy atom. The van der Waals surface area contributed by atoms with Gasteiger partial charge in [0.2, 0.25) is 0 Å². The second-order valence-electron chi connectivity index (χ2n) is 1.45. The third kappa shape index (κ3) is 1.62. The van der Waals surface area contributed by atoms with Gasteiger partial charge in [-0.1, -0.05) is 0 Å². The van der Waals surface area contributed by atoms with Crippen LogP contribution in [0.5, 0.6) is 0 Å². The topological polar surface area (TPSA) is 0 Å². The first-order valence-electron chi connectivity index (χ1n) is 2.21. The molecule has 0 atom stereocenters. The summed E-state index contributed by atoms with van der Waals surface area (Å²) in [6, 6.07) is 8.05. The van der Waals surface area contributed by atoms with E-state index in [9.17, 15) is 0 Å². The first-order chi connectivity index (χ1) is 3.79. The fraction of sp³-hybridized carbons (Fsp3) is 0. The minimum atomic E-state index is 1.12. The standard InChI is InChI=1S/C6H4BrSe/c7-5-1-3-6(8)4-2-5/h1-4H. The Labute approximate surface area is 65.2 Å². The van der Waals surface area contributed by atoms with Gasteiger partial charge in [-0.05, 0) is 0 Å². The first kappa shape index (κ1) is 6.34. The normalized spacial score (nSPS) is 9.12. The van der Waals surface area contributed by atoms with Crippen molar-refractivity contribution in [3.05, 3.63) is 28.7 Å². The third-order valence-corrected chi connectivity index (χ3v) is 1.91. The Kier molecular flexibility index (Phi) is 2.12. The van der Waals surface area contributed by atoms with Gasteiger partial charge < -0.3 is 0 Å². The molecule has 0 nitrogen and oxygen atoms in total. The molecule has 0 saturated heterocycles. The van der Waals surface area contributed by atoms with Crippen molar-refractivity contribution in [2.75, 3.05) is 0 Å². The molecule has 0 spiro atoms. The van der Waals surface area contributed by atoms with Crippen molar-refractivity contribution in [2.45, 2.75) is 0 Å². The van der Waals surface area contributed by atoms with E-state index in [1.165, 1.54) is 4.46 Å². The van der Waals surface area contributed by atoms with Gasteiger partial charge >= 0.3 is 65.1 Å². The fourth-order valence-corrected chi connectivity index (χ4v) is 0.984. The van der Waals surface area contributed by atoms with Gasteiger partial charge in [0.25, 0.3) is 0 Å². The summed E-state index contributed by atoms with van der Waals surface area (Å²) in [5.74, 6) is 0. The van der Waals surface area contributed by atoms with E-state index in [1.807, 2.05) is 24.3 Å². The van der Waals surface area contributed by atoms with Crippen molar-refractivity contribution in [3.8, 4) is 0 Å². The van der Waals surface area contributed by atoms with E-state index in [0.717, 1.165) is 4.47 Å². The SMILES string of the molecule is [Se]c1ccc(Br)cc1. The van der Waals surface area contributed by atoms with Crippen molar-refractivity contribution in [3.63, 3.8) is 0 Å². The summed E-state index contributed by atoms with van der Waals surface area (Å²) in [4.78, 5) is 0. The summed E-state index contributed by atoms with van der Waals surface area (Å²) < 4.78 is 2.30. The second kappa shape index (κ2) is 2.67. The first-order valence-corrected chi connectivity index (χ1v) is 3.86. The molecular weight excluding hydrogens is 231 g/mol. The van der Waals surface area contributed by atoms with Crippen LogP contribution in [0.3, 0.4) is 0 Å². The minimum absolute atomic E-state index is 1.12. The van der Waals surface area contributed by atoms with Crippen molar-refractivity contribution in [1.82, 2.24) is 0 Å². The quantitative estimate of drug-likeness (QED) is 0.593. The molecule has 0 aliphatic heterocycles. The van der Waals surface area contributed by atoms with Gasteiger partial charge in [0, 0.05) is 0 Å². The van der Waals surface area contributed by atoms with E-state index < -0.39 is 0 Å². The predicted octanol–water partition coefficient (Wildman–Crippen LogP) is 1.24. The molecule has 1 aromatic carbocycles. The molecule has 0 aliphatic rings. The molecule has 0 unspecified atom stereocenters. The number of hydrogen-bond acceptors (Lipinski definition) is 0. The molecular formula is C6H4BrSe. The molecule has 2 heteroatoms. The van der Waals surface area contributed by atoms with Gasteiger partial charge in [-0.3, -0.25) is 0 Å². The second-order valence-corrected chi connectivity index (χ2v) is 3.36. The average Bonchev–Trinajstić information content (AvgIpc) is 1.77. The molecule has 1 rings (SSSR count). The molecule has 1 aromatic rings. The summed E-state index contributed by atoms with van der Waals surface area (Å²) in [7, 11) is 0. The van der Waals surface area contributed by atoms with E-state index in [0.29, 0.717) is 0 Å². The van der Waals surface area contributed by atoms with Gasteiger partial charge in [0.15, 0.2) is 0 Å². The van der Waals surface area contributed by atoms with Crippen LogP contribution in [0.4, 0.5) is 0 Å². The van der Waals surface area contributed by atoms with Crippen LogP contribution in [-0.2, 0) is 0 Å². The maximum absolute atomic E-state index is 3.33. The van der Waals surface area contributed by atoms with Gasteiger partial charge in [-0.25, -0.2) is 0 Å². The van der Waals surface area contributed by atoms with Gasteiger partial charge in [-0.2, -0.15) is 0 Å². The van der Waals surface area contributed by atoms with Crippen LogP contribution in [0, 0.1) is 0 Å². The molecule has 0 bridgehead atoms. The average molecular weight is 235 g/mol. The zero-order valence-corrected chi connectivity index (χ0v) is 7.39. The van der Waals surface area contributed by atoms with Crippen molar-refractivity contribution in [1.29, 1.82) is 0 Å². The van der Waals surface area contributed by atoms with E-state index in [2.05, 4.69) is 31.9 Å². The van der Waals surface area contributed by atoms with E-state index in [1.54, 1.807) is 0 Å². The fourth-order valence-electron chi connectivity index (χ4n) is 0.435. The summed E-state index contributed by atoms with van der Waals surface area (Å²) in [6.45, 7) is 0. The molecule has 0 heterocycles. The number of hydrogen-bond donors (Lipinski definition) is 0. The molecule has 0 aliphatic carbocycles. The number of rotatable bonds is 0. The zero-order chi connectivity index (χ0) is 5.98. The Balaban J connectivity index is 3.03. The molecule has 0 saturated carbocycles. The van der Waals surface area contributed by atoms with Crippen LogP contribution >= 0.6 is 15.9 Å². The van der Waals surface area contributed by atoms with Crippen LogP contribution in [0.2, 0.25) is 0 Å². The van der Waals surface area contributed by atoms with Crippen molar-refractivity contribution >= 4 is 36.4 Å². The molecule has 8 heavy (non-hydrogen) atoms. The molecule has 0 aromatic heterocycles. The zero-order valence-electron chi connectivity index (χ0n) is 4.10. The van der Waals surface area contributed by atoms with E-state index in [-0.39, 0.29) is 0 Å². The van der Waals surface area contributed by atoms with Crippen LogP contribution in [0.15, 0.2) is 28.7 Å². The van der Waals surface area contributed by atoms with Gasteiger partial charge in [0.05, 0.1) is 0 Å². The maximum atomic E-state index is 3.33. The summed E-state index contributed by atoms with van der Waals surface area (Å²) in [6.07, 6.45) is 0. The van der Waals surface area contributed by atoms with Crippen LogP contribution < -0.4 is 4.46 Å². The predicted molar refractivity (Wildman–Crippen MR) is 39.5 cm³/mol. The Bertz CT molecular complexity index is 147. The molecule has 0 N–H and O–H groups in total. The molecule has 0 amide bonds. The Morgan fingerprint density at radius 3 is 2.00 bits per heavy atom. The Hall–Kier alpha value is 0.219. The van der Waals surface area contributed by atoms with Crippen molar-refractivity contribution < 1.29 is 0 Å². The summed E-state index contributed by atoms with van der Waals surface area (Å²) in [5.41, 5.74) is 0. The molecule has 41 valence electrons. The van der Waals surface area contributed by atoms with Crippen LogP contribution in [0.1, 0.15) is 0 Å². The summed E-state index contributed by atoms with van der Waals surface area (Å²) >= 11 is 6.24. The monoisotopic (exact) mass is 235 g/mol. The molecule has 1 radical (unpaired) electrons. The van der Waals surface area contributed by atoms with Crippen LogP contribution in [-0.4, -0.2) is 16.0 Å². The van der Waals surface area contributed by atoms with Gasteiger partial charge in [0.1, 0.15) is 0 Å². The Morgan fingerprint density at radius 2 is 1.62 bits per heavy atom. The number of benzene rings is 1.